The van der Waals surface area contributed by atoms with Crippen LogP contribution in [0.15, 0.2) is 39.4 Å². The van der Waals surface area contributed by atoms with Crippen LogP contribution in [0, 0.1) is 13.8 Å². The molecule has 0 unspecified atom stereocenters. The number of aryl methyl sites for hydroxylation is 2. The Bertz CT molecular complexity index is 653. The van der Waals surface area contributed by atoms with Crippen LogP contribution in [0.4, 0.5) is 5.69 Å². The van der Waals surface area contributed by atoms with Crippen LogP contribution in [0.1, 0.15) is 21.7 Å². The number of amides is 1. The molecule has 4 nitrogen and oxygen atoms in total. The largest absolute Gasteiger partial charge is 0.459 e. The summed E-state index contributed by atoms with van der Waals surface area (Å²) in [7, 11) is 0. The van der Waals surface area contributed by atoms with E-state index in [1.54, 1.807) is 12.1 Å². The molecule has 104 valence electrons. The van der Waals surface area contributed by atoms with Crippen LogP contribution in [-0.4, -0.2) is 11.0 Å². The van der Waals surface area contributed by atoms with Crippen molar-refractivity contribution in [2.75, 3.05) is 5.32 Å². The lowest BCUT2D eigenvalue weighted by atomic mass is 10.1. The Morgan fingerprint density at radius 3 is 2.65 bits per heavy atom. The highest BCUT2D eigenvalue weighted by atomic mass is 79.9. The molecule has 1 heterocycles. The smallest absolute Gasteiger partial charge is 0.293 e. The van der Waals surface area contributed by atoms with E-state index in [0.29, 0.717) is 0 Å². The highest BCUT2D eigenvalue weighted by molar-refractivity contribution is 9.10. The lowest BCUT2D eigenvalue weighted by Crippen LogP contribution is -2.34. The molecule has 0 spiro atoms. The third-order valence-corrected chi connectivity index (χ3v) is 3.66. The van der Waals surface area contributed by atoms with Crippen molar-refractivity contribution in [2.24, 2.45) is 0 Å². The lowest BCUT2D eigenvalue weighted by molar-refractivity contribution is 0.0950. The van der Waals surface area contributed by atoms with Gasteiger partial charge in [-0.15, -0.1) is 0 Å². The van der Waals surface area contributed by atoms with E-state index < -0.39 is 0 Å². The number of furan rings is 1. The van der Waals surface area contributed by atoms with E-state index in [4.69, 9.17) is 16.6 Å². The summed E-state index contributed by atoms with van der Waals surface area (Å²) in [5.74, 6) is -0.166. The van der Waals surface area contributed by atoms with E-state index in [0.717, 1.165) is 15.7 Å². The van der Waals surface area contributed by atoms with E-state index in [2.05, 4.69) is 26.6 Å². The van der Waals surface area contributed by atoms with E-state index in [1.165, 1.54) is 11.8 Å². The number of thiocarbonyl (C=S) groups is 1. The predicted molar refractivity (Wildman–Crippen MR) is 86.0 cm³/mol. The number of hydrogen-bond acceptors (Lipinski definition) is 3. The molecule has 0 aliphatic rings. The van der Waals surface area contributed by atoms with Gasteiger partial charge in [-0.1, -0.05) is 0 Å². The van der Waals surface area contributed by atoms with Gasteiger partial charge < -0.3 is 9.73 Å². The number of carbonyl (C=O) groups excluding carboxylic acids is 1. The lowest BCUT2D eigenvalue weighted by Gasteiger charge is -2.12. The van der Waals surface area contributed by atoms with Gasteiger partial charge in [-0.3, -0.25) is 10.1 Å². The van der Waals surface area contributed by atoms with Crippen LogP contribution in [0.5, 0.6) is 0 Å². The molecule has 1 aromatic heterocycles. The molecule has 0 saturated carbocycles. The first kappa shape index (κ1) is 14.7. The van der Waals surface area contributed by atoms with Gasteiger partial charge in [0.1, 0.15) is 0 Å². The van der Waals surface area contributed by atoms with Gasteiger partial charge in [-0.25, -0.2) is 0 Å². The van der Waals surface area contributed by atoms with Crippen molar-refractivity contribution in [3.63, 3.8) is 0 Å². The summed E-state index contributed by atoms with van der Waals surface area (Å²) >= 11 is 8.58. The van der Waals surface area contributed by atoms with Crippen molar-refractivity contribution in [3.8, 4) is 0 Å². The molecular formula is C14H13BrN2O2S. The minimum atomic E-state index is -0.382. The van der Waals surface area contributed by atoms with Crippen LogP contribution in [-0.2, 0) is 0 Å². The number of rotatable bonds is 2. The quantitative estimate of drug-likeness (QED) is 0.807. The van der Waals surface area contributed by atoms with Crippen molar-refractivity contribution in [3.05, 3.63) is 51.9 Å². The van der Waals surface area contributed by atoms with Gasteiger partial charge in [-0.05, 0) is 77.4 Å². The van der Waals surface area contributed by atoms with E-state index >= 15 is 0 Å². The van der Waals surface area contributed by atoms with Crippen LogP contribution in [0.3, 0.4) is 0 Å². The topological polar surface area (TPSA) is 54.3 Å². The molecule has 2 aromatic rings. The molecule has 0 saturated heterocycles. The van der Waals surface area contributed by atoms with E-state index in [9.17, 15) is 4.79 Å². The average molecular weight is 353 g/mol. The van der Waals surface area contributed by atoms with Crippen LogP contribution >= 0.6 is 28.1 Å². The normalized spacial score (nSPS) is 10.2. The van der Waals surface area contributed by atoms with E-state index in [1.807, 2.05) is 26.0 Å². The van der Waals surface area contributed by atoms with Crippen molar-refractivity contribution in [1.82, 2.24) is 5.32 Å². The van der Waals surface area contributed by atoms with Gasteiger partial charge in [0, 0.05) is 4.47 Å². The third kappa shape index (κ3) is 3.46. The third-order valence-electron chi connectivity index (χ3n) is 2.80. The summed E-state index contributed by atoms with van der Waals surface area (Å²) in [5, 5.41) is 5.76. The molecule has 2 rings (SSSR count). The highest BCUT2D eigenvalue weighted by Crippen LogP contribution is 2.26. The summed E-state index contributed by atoms with van der Waals surface area (Å²) in [6.07, 6.45) is 1.44. The monoisotopic (exact) mass is 352 g/mol. The summed E-state index contributed by atoms with van der Waals surface area (Å²) in [6, 6.07) is 7.18. The number of halogens is 1. The minimum Gasteiger partial charge on any atom is -0.459 e. The van der Waals surface area contributed by atoms with Crippen LogP contribution in [0.25, 0.3) is 0 Å². The Kier molecular flexibility index (Phi) is 4.57. The number of hydrogen-bond donors (Lipinski definition) is 2. The summed E-state index contributed by atoms with van der Waals surface area (Å²) in [5.41, 5.74) is 3.11. The summed E-state index contributed by atoms with van der Waals surface area (Å²) in [4.78, 5) is 11.8. The van der Waals surface area contributed by atoms with E-state index in [-0.39, 0.29) is 16.8 Å². The van der Waals surface area contributed by atoms with Crippen molar-refractivity contribution >= 4 is 44.9 Å². The van der Waals surface area contributed by atoms with Crippen LogP contribution in [0.2, 0.25) is 0 Å². The van der Waals surface area contributed by atoms with Gasteiger partial charge in [0.15, 0.2) is 10.9 Å². The molecule has 1 aromatic carbocycles. The average Bonchev–Trinajstić information content (AvgIpc) is 2.89. The number of benzene rings is 1. The highest BCUT2D eigenvalue weighted by Gasteiger charge is 2.11. The molecule has 1 amide bonds. The second kappa shape index (κ2) is 6.19. The fraction of sp³-hybridized carbons (Fsp3) is 0.143. The molecule has 6 heteroatoms. The summed E-state index contributed by atoms with van der Waals surface area (Å²) < 4.78 is 5.88. The standard InChI is InChI=1S/C14H13BrN2O2S/c1-8-6-10(15)11(7-9(8)2)16-14(20)17-13(18)12-4-3-5-19-12/h3-7H,1-2H3,(H2,16,17,18,20). The number of carbonyl (C=O) groups is 1. The first-order valence-electron chi connectivity index (χ1n) is 5.90. The Morgan fingerprint density at radius 2 is 2.00 bits per heavy atom. The first-order valence-corrected chi connectivity index (χ1v) is 7.10. The van der Waals surface area contributed by atoms with Gasteiger partial charge >= 0.3 is 0 Å². The van der Waals surface area contributed by atoms with Crippen molar-refractivity contribution < 1.29 is 9.21 Å². The Balaban J connectivity index is 2.05. The molecule has 0 fully saturated rings. The Labute approximate surface area is 130 Å². The first-order chi connectivity index (χ1) is 9.47. The molecular weight excluding hydrogens is 340 g/mol. The van der Waals surface area contributed by atoms with Gasteiger partial charge in [0.2, 0.25) is 0 Å². The second-order valence-corrected chi connectivity index (χ2v) is 5.56. The fourth-order valence-electron chi connectivity index (χ4n) is 1.60. The molecule has 20 heavy (non-hydrogen) atoms. The zero-order chi connectivity index (χ0) is 14.7. The van der Waals surface area contributed by atoms with Gasteiger partial charge in [0.05, 0.1) is 12.0 Å². The summed E-state index contributed by atoms with van der Waals surface area (Å²) in [6.45, 7) is 4.04. The SMILES string of the molecule is Cc1cc(Br)c(NC(=S)NC(=O)c2ccco2)cc1C. The maximum absolute atomic E-state index is 11.8. The predicted octanol–water partition coefficient (Wildman–Crippen LogP) is 3.79. The molecule has 0 aliphatic carbocycles. The maximum Gasteiger partial charge on any atom is 0.293 e. The molecule has 0 radical (unpaired) electrons. The number of anilines is 1. The van der Waals surface area contributed by atoms with Crippen molar-refractivity contribution in [1.29, 1.82) is 0 Å². The van der Waals surface area contributed by atoms with Gasteiger partial charge in [-0.2, -0.15) is 0 Å². The van der Waals surface area contributed by atoms with Gasteiger partial charge in [0.25, 0.3) is 5.91 Å². The minimum absolute atomic E-state index is 0.216. The fourth-order valence-corrected chi connectivity index (χ4v) is 2.36. The second-order valence-electron chi connectivity index (χ2n) is 4.30. The molecule has 0 bridgehead atoms. The molecule has 0 atom stereocenters. The maximum atomic E-state index is 11.8. The number of nitrogens with one attached hydrogen (secondary N) is 2. The van der Waals surface area contributed by atoms with Crippen LogP contribution < -0.4 is 10.6 Å². The Morgan fingerprint density at radius 1 is 1.30 bits per heavy atom. The zero-order valence-electron chi connectivity index (χ0n) is 11.0. The molecule has 0 aliphatic heterocycles. The van der Waals surface area contributed by atoms with Crippen molar-refractivity contribution in [2.45, 2.75) is 13.8 Å². The molecule has 2 N–H and O–H groups in total. The zero-order valence-corrected chi connectivity index (χ0v) is 13.4. The Hall–Kier alpha value is -1.66.